The monoisotopic (exact) mass is 398 g/mol. The van der Waals surface area contributed by atoms with E-state index in [-0.39, 0.29) is 17.6 Å². The Morgan fingerprint density at radius 2 is 1.85 bits per heavy atom. The standard InChI is InChI=1S/C20H18N2O3S2/c1-22-19(25)17(27-20(22)26)12-14-2-6-15(7-3-14)18(24)21-11-10-13-4-8-16(23)9-5-13/h2-9,12,23H,10-11H2,1H3,(H,21,24). The van der Waals surface area contributed by atoms with Gasteiger partial charge in [0, 0.05) is 19.2 Å². The van der Waals surface area contributed by atoms with Gasteiger partial charge in [-0.15, -0.1) is 0 Å². The molecule has 3 rings (SSSR count). The summed E-state index contributed by atoms with van der Waals surface area (Å²) in [5, 5.41) is 12.1. The summed E-state index contributed by atoms with van der Waals surface area (Å²) >= 11 is 6.38. The van der Waals surface area contributed by atoms with Gasteiger partial charge in [-0.2, -0.15) is 0 Å². The smallest absolute Gasteiger partial charge is 0.265 e. The van der Waals surface area contributed by atoms with Crippen molar-refractivity contribution in [3.05, 3.63) is 70.1 Å². The second kappa shape index (κ2) is 8.37. The minimum absolute atomic E-state index is 0.110. The Labute approximate surface area is 167 Å². The number of nitrogens with one attached hydrogen (secondary N) is 1. The number of phenolic OH excluding ortho intramolecular Hbond substituents is 1. The second-order valence-corrected chi connectivity index (χ2v) is 7.71. The third-order valence-electron chi connectivity index (χ3n) is 4.09. The molecule has 0 bridgehead atoms. The molecule has 1 aliphatic rings. The molecule has 2 amide bonds. The van der Waals surface area contributed by atoms with Crippen LogP contribution < -0.4 is 5.32 Å². The number of aromatic hydroxyl groups is 1. The molecule has 0 aromatic heterocycles. The number of thioether (sulfide) groups is 1. The van der Waals surface area contributed by atoms with Crippen LogP contribution in [0.4, 0.5) is 0 Å². The van der Waals surface area contributed by atoms with E-state index in [1.54, 1.807) is 49.5 Å². The molecule has 138 valence electrons. The predicted octanol–water partition coefficient (Wildman–Crippen LogP) is 3.20. The normalized spacial score (nSPS) is 15.4. The van der Waals surface area contributed by atoms with Crippen molar-refractivity contribution in [1.82, 2.24) is 10.2 Å². The van der Waals surface area contributed by atoms with Crippen LogP contribution in [0.1, 0.15) is 21.5 Å². The number of nitrogens with zero attached hydrogens (tertiary/aromatic N) is 1. The second-order valence-electron chi connectivity index (χ2n) is 6.04. The average molecular weight is 399 g/mol. The third kappa shape index (κ3) is 4.75. The van der Waals surface area contributed by atoms with Gasteiger partial charge in [0.05, 0.1) is 4.91 Å². The van der Waals surface area contributed by atoms with E-state index in [0.717, 1.165) is 11.1 Å². The van der Waals surface area contributed by atoms with Crippen LogP contribution in [0.2, 0.25) is 0 Å². The number of rotatable bonds is 5. The Balaban J connectivity index is 1.56. The van der Waals surface area contributed by atoms with Gasteiger partial charge in [0.15, 0.2) is 0 Å². The highest BCUT2D eigenvalue weighted by molar-refractivity contribution is 8.26. The molecule has 27 heavy (non-hydrogen) atoms. The Kier molecular flexibility index (Phi) is 5.93. The molecule has 1 aliphatic heterocycles. The summed E-state index contributed by atoms with van der Waals surface area (Å²) < 4.78 is 0.538. The number of thiocarbonyl (C=S) groups is 1. The van der Waals surface area contributed by atoms with Crippen molar-refractivity contribution in [3.8, 4) is 5.75 Å². The van der Waals surface area contributed by atoms with Gasteiger partial charge in [-0.25, -0.2) is 0 Å². The van der Waals surface area contributed by atoms with Crippen molar-refractivity contribution in [3.63, 3.8) is 0 Å². The van der Waals surface area contributed by atoms with Gasteiger partial charge in [0.2, 0.25) is 0 Å². The van der Waals surface area contributed by atoms with Gasteiger partial charge in [0.1, 0.15) is 10.1 Å². The molecule has 0 unspecified atom stereocenters. The number of hydrogen-bond donors (Lipinski definition) is 2. The predicted molar refractivity (Wildman–Crippen MR) is 112 cm³/mol. The fourth-order valence-corrected chi connectivity index (χ4v) is 3.69. The Bertz CT molecular complexity index is 906. The number of benzene rings is 2. The van der Waals surface area contributed by atoms with Crippen molar-refractivity contribution in [2.75, 3.05) is 13.6 Å². The van der Waals surface area contributed by atoms with E-state index in [0.29, 0.717) is 27.8 Å². The topological polar surface area (TPSA) is 69.6 Å². The molecule has 7 heteroatoms. The molecule has 0 radical (unpaired) electrons. The van der Waals surface area contributed by atoms with E-state index in [1.165, 1.54) is 16.7 Å². The van der Waals surface area contributed by atoms with E-state index in [4.69, 9.17) is 12.2 Å². The summed E-state index contributed by atoms with van der Waals surface area (Å²) in [7, 11) is 1.66. The SMILES string of the molecule is CN1C(=O)C(=Cc2ccc(C(=O)NCCc3ccc(O)cc3)cc2)SC1=S. The van der Waals surface area contributed by atoms with Gasteiger partial charge < -0.3 is 10.4 Å². The highest BCUT2D eigenvalue weighted by Gasteiger charge is 2.28. The number of amides is 2. The zero-order chi connectivity index (χ0) is 19.4. The molecule has 2 aromatic carbocycles. The summed E-state index contributed by atoms with van der Waals surface area (Å²) in [4.78, 5) is 26.3. The molecule has 2 N–H and O–H groups in total. The first-order valence-corrected chi connectivity index (χ1v) is 9.54. The van der Waals surface area contributed by atoms with Crippen molar-refractivity contribution in [1.29, 1.82) is 0 Å². The van der Waals surface area contributed by atoms with Crippen LogP contribution in [-0.4, -0.2) is 39.7 Å². The molecule has 1 heterocycles. The summed E-state index contributed by atoms with van der Waals surface area (Å²) in [6.07, 6.45) is 2.46. The van der Waals surface area contributed by atoms with Crippen molar-refractivity contribution in [2.45, 2.75) is 6.42 Å². The van der Waals surface area contributed by atoms with Crippen LogP contribution in [0.15, 0.2) is 53.4 Å². The fourth-order valence-electron chi connectivity index (χ4n) is 2.51. The molecule has 0 saturated carbocycles. The first-order chi connectivity index (χ1) is 12.9. The summed E-state index contributed by atoms with van der Waals surface area (Å²) in [5.41, 5.74) is 2.43. The van der Waals surface area contributed by atoms with Crippen LogP contribution in [0.5, 0.6) is 5.75 Å². The van der Waals surface area contributed by atoms with Crippen LogP contribution in [0.25, 0.3) is 6.08 Å². The van der Waals surface area contributed by atoms with Gasteiger partial charge in [0.25, 0.3) is 11.8 Å². The number of carbonyl (C=O) groups excluding carboxylic acids is 2. The lowest BCUT2D eigenvalue weighted by Gasteiger charge is -2.06. The zero-order valence-electron chi connectivity index (χ0n) is 14.6. The largest absolute Gasteiger partial charge is 0.508 e. The van der Waals surface area contributed by atoms with Crippen molar-refractivity contribution in [2.24, 2.45) is 0 Å². The molecule has 1 fully saturated rings. The number of likely N-dealkylation sites (N-methyl/N-ethyl adjacent to an activating group) is 1. The molecule has 0 spiro atoms. The molecule has 2 aromatic rings. The van der Waals surface area contributed by atoms with E-state index >= 15 is 0 Å². The summed E-state index contributed by atoms with van der Waals surface area (Å²) in [5.74, 6) is -0.0368. The molecule has 5 nitrogen and oxygen atoms in total. The Hall–Kier alpha value is -2.64. The Morgan fingerprint density at radius 3 is 2.44 bits per heavy atom. The van der Waals surface area contributed by atoms with Crippen LogP contribution in [0.3, 0.4) is 0 Å². The molecule has 0 atom stereocenters. The Morgan fingerprint density at radius 1 is 1.19 bits per heavy atom. The van der Waals surface area contributed by atoms with Crippen LogP contribution in [-0.2, 0) is 11.2 Å². The van der Waals surface area contributed by atoms with E-state index in [9.17, 15) is 14.7 Å². The summed E-state index contributed by atoms with van der Waals surface area (Å²) in [6.45, 7) is 0.504. The maximum absolute atomic E-state index is 12.2. The number of hydrogen-bond acceptors (Lipinski definition) is 5. The highest BCUT2D eigenvalue weighted by atomic mass is 32.2. The quantitative estimate of drug-likeness (QED) is 0.598. The average Bonchev–Trinajstić information content (AvgIpc) is 2.90. The van der Waals surface area contributed by atoms with E-state index < -0.39 is 0 Å². The minimum Gasteiger partial charge on any atom is -0.508 e. The summed E-state index contributed by atoms with van der Waals surface area (Å²) in [6, 6.07) is 14.0. The third-order valence-corrected chi connectivity index (χ3v) is 5.58. The maximum Gasteiger partial charge on any atom is 0.265 e. The lowest BCUT2D eigenvalue weighted by Crippen LogP contribution is -2.25. The highest BCUT2D eigenvalue weighted by Crippen LogP contribution is 2.31. The molecule has 1 saturated heterocycles. The lowest BCUT2D eigenvalue weighted by atomic mass is 10.1. The van der Waals surface area contributed by atoms with E-state index in [1.807, 2.05) is 12.1 Å². The first kappa shape index (κ1) is 19.1. The van der Waals surface area contributed by atoms with Crippen LogP contribution in [0, 0.1) is 0 Å². The lowest BCUT2D eigenvalue weighted by molar-refractivity contribution is -0.121. The van der Waals surface area contributed by atoms with Gasteiger partial charge in [-0.3, -0.25) is 14.5 Å². The van der Waals surface area contributed by atoms with Crippen LogP contribution >= 0.6 is 24.0 Å². The van der Waals surface area contributed by atoms with Gasteiger partial charge >= 0.3 is 0 Å². The fraction of sp³-hybridized carbons (Fsp3) is 0.150. The van der Waals surface area contributed by atoms with Gasteiger partial charge in [-0.1, -0.05) is 48.2 Å². The number of carbonyl (C=O) groups is 2. The zero-order valence-corrected chi connectivity index (χ0v) is 16.3. The van der Waals surface area contributed by atoms with Crippen molar-refractivity contribution >= 4 is 46.2 Å². The van der Waals surface area contributed by atoms with E-state index in [2.05, 4.69) is 5.32 Å². The first-order valence-electron chi connectivity index (χ1n) is 8.32. The van der Waals surface area contributed by atoms with Gasteiger partial charge in [-0.05, 0) is 47.9 Å². The minimum atomic E-state index is -0.153. The molecular formula is C20H18N2O3S2. The van der Waals surface area contributed by atoms with Crippen molar-refractivity contribution < 1.29 is 14.7 Å². The maximum atomic E-state index is 12.2. The molecule has 0 aliphatic carbocycles. The number of phenols is 1. The molecular weight excluding hydrogens is 380 g/mol.